The van der Waals surface area contributed by atoms with E-state index in [0.29, 0.717) is 12.0 Å². The number of nitrogens with zero attached hydrogens (tertiary/aromatic N) is 1. The summed E-state index contributed by atoms with van der Waals surface area (Å²) < 4.78 is 0. The molecular weight excluding hydrogens is 242 g/mol. The number of allylic oxidation sites excluding steroid dienone is 3. The van der Waals surface area contributed by atoms with E-state index in [1.807, 2.05) is 0 Å². The Morgan fingerprint density at radius 2 is 1.70 bits per heavy atom. The number of likely N-dealkylation sites (N-methyl/N-ethyl adjacent to an activating group) is 1. The van der Waals surface area contributed by atoms with Gasteiger partial charge in [0, 0.05) is 5.92 Å². The van der Waals surface area contributed by atoms with Crippen molar-refractivity contribution in [2.24, 2.45) is 17.8 Å². The molecule has 1 nitrogen and oxygen atoms in total. The van der Waals surface area contributed by atoms with Crippen LogP contribution in [0.15, 0.2) is 53.6 Å². The van der Waals surface area contributed by atoms with Gasteiger partial charge in [-0.3, -0.25) is 4.90 Å². The highest BCUT2D eigenvalue weighted by molar-refractivity contribution is 5.45. The van der Waals surface area contributed by atoms with Gasteiger partial charge in [0.25, 0.3) is 0 Å². The first-order valence-corrected chi connectivity index (χ1v) is 7.89. The van der Waals surface area contributed by atoms with Crippen LogP contribution >= 0.6 is 0 Å². The molecule has 0 saturated heterocycles. The molecule has 20 heavy (non-hydrogen) atoms. The number of benzene rings is 1. The van der Waals surface area contributed by atoms with Gasteiger partial charge in [0.2, 0.25) is 0 Å². The van der Waals surface area contributed by atoms with Crippen molar-refractivity contribution in [3.63, 3.8) is 0 Å². The Morgan fingerprint density at radius 3 is 2.35 bits per heavy atom. The molecule has 1 saturated carbocycles. The highest BCUT2D eigenvalue weighted by atomic mass is 15.1. The topological polar surface area (TPSA) is 3.24 Å². The van der Waals surface area contributed by atoms with Crippen LogP contribution in [-0.4, -0.2) is 19.0 Å². The lowest BCUT2D eigenvalue weighted by molar-refractivity contribution is 0.324. The van der Waals surface area contributed by atoms with E-state index in [4.69, 9.17) is 0 Å². The maximum absolute atomic E-state index is 2.47. The van der Waals surface area contributed by atoms with E-state index in [0.717, 1.165) is 11.8 Å². The fourth-order valence-electron chi connectivity index (χ4n) is 4.27. The largest absolute Gasteiger partial charge is 0.299 e. The van der Waals surface area contributed by atoms with Crippen molar-refractivity contribution >= 4 is 0 Å². The molecule has 1 aromatic rings. The summed E-state index contributed by atoms with van der Waals surface area (Å²) in [5, 5.41) is 0. The van der Waals surface area contributed by atoms with Crippen molar-refractivity contribution in [1.82, 2.24) is 4.90 Å². The van der Waals surface area contributed by atoms with Crippen molar-refractivity contribution in [1.29, 1.82) is 0 Å². The van der Waals surface area contributed by atoms with Gasteiger partial charge in [0.05, 0.1) is 6.04 Å². The second kappa shape index (κ2) is 4.60. The summed E-state index contributed by atoms with van der Waals surface area (Å²) in [4.78, 5) is 2.40. The van der Waals surface area contributed by atoms with E-state index in [9.17, 15) is 0 Å². The van der Waals surface area contributed by atoms with Crippen LogP contribution in [0.2, 0.25) is 0 Å². The Morgan fingerprint density at radius 1 is 1.00 bits per heavy atom. The van der Waals surface area contributed by atoms with Gasteiger partial charge in [0.15, 0.2) is 0 Å². The molecule has 1 heteroatoms. The molecule has 0 spiro atoms. The van der Waals surface area contributed by atoms with Crippen LogP contribution < -0.4 is 0 Å². The van der Waals surface area contributed by atoms with Crippen molar-refractivity contribution in [3.05, 3.63) is 59.2 Å². The molecule has 1 fully saturated rings. The molecule has 1 aromatic carbocycles. The van der Waals surface area contributed by atoms with E-state index < -0.39 is 0 Å². The molecule has 0 radical (unpaired) electrons. The van der Waals surface area contributed by atoms with E-state index >= 15 is 0 Å². The normalized spacial score (nSPS) is 29.6. The van der Waals surface area contributed by atoms with E-state index in [1.165, 1.54) is 24.8 Å². The predicted molar refractivity (Wildman–Crippen MR) is 83.4 cm³/mol. The van der Waals surface area contributed by atoms with Crippen molar-refractivity contribution in [2.45, 2.75) is 25.3 Å². The standard InChI is InChI=1S/C19H23N/c1-20(2)19(14-6-4-3-5-7-14)18-16-11-10-15(12-16)17(18)13-8-9-13/h3-7,10-11,13,15-16,19H,8-9,12H2,1-2H3/t15-,16+,19?/m0/s1. The molecule has 0 aliphatic heterocycles. The second-order valence-corrected chi connectivity index (χ2v) is 6.80. The summed E-state index contributed by atoms with van der Waals surface area (Å²) in [6.07, 6.45) is 9.12. The Hall–Kier alpha value is -1.34. The zero-order valence-electron chi connectivity index (χ0n) is 12.4. The predicted octanol–water partition coefficient (Wildman–Crippen LogP) is 4.20. The van der Waals surface area contributed by atoms with Gasteiger partial charge in [-0.2, -0.15) is 0 Å². The third kappa shape index (κ3) is 1.88. The summed E-state index contributed by atoms with van der Waals surface area (Å²) in [7, 11) is 4.45. The highest BCUT2D eigenvalue weighted by Gasteiger charge is 2.44. The smallest absolute Gasteiger partial charge is 0.0564 e. The molecule has 104 valence electrons. The number of rotatable bonds is 4. The van der Waals surface area contributed by atoms with E-state index in [2.05, 4.69) is 61.5 Å². The summed E-state index contributed by atoms with van der Waals surface area (Å²) in [5.74, 6) is 2.35. The Bertz CT molecular complexity index is 563. The van der Waals surface area contributed by atoms with Gasteiger partial charge in [-0.25, -0.2) is 0 Å². The lowest BCUT2D eigenvalue weighted by atomic mass is 9.85. The van der Waals surface area contributed by atoms with Crippen LogP contribution in [0, 0.1) is 17.8 Å². The first-order chi connectivity index (χ1) is 9.75. The lowest BCUT2D eigenvalue weighted by Gasteiger charge is -2.31. The Kier molecular flexibility index (Phi) is 2.85. The van der Waals surface area contributed by atoms with Crippen LogP contribution in [0.4, 0.5) is 0 Å². The average molecular weight is 265 g/mol. The van der Waals surface area contributed by atoms with Crippen molar-refractivity contribution in [2.75, 3.05) is 14.1 Å². The first-order valence-electron chi connectivity index (χ1n) is 7.89. The zero-order chi connectivity index (χ0) is 13.7. The summed E-state index contributed by atoms with van der Waals surface area (Å²) in [5.41, 5.74) is 4.99. The fourth-order valence-corrected chi connectivity index (χ4v) is 4.27. The molecule has 1 unspecified atom stereocenters. The van der Waals surface area contributed by atoms with Crippen LogP contribution in [-0.2, 0) is 0 Å². The molecule has 0 heterocycles. The maximum Gasteiger partial charge on any atom is 0.0564 e. The van der Waals surface area contributed by atoms with Crippen molar-refractivity contribution in [3.8, 4) is 0 Å². The zero-order valence-corrected chi connectivity index (χ0v) is 12.4. The number of fused-ring (bicyclic) bond motifs is 2. The summed E-state index contributed by atoms with van der Waals surface area (Å²) in [6.45, 7) is 0. The maximum atomic E-state index is 2.47. The van der Waals surface area contributed by atoms with E-state index in [1.54, 1.807) is 11.1 Å². The first kappa shape index (κ1) is 12.4. The second-order valence-electron chi connectivity index (χ2n) is 6.80. The Balaban J connectivity index is 1.80. The summed E-state index contributed by atoms with van der Waals surface area (Å²) in [6, 6.07) is 11.5. The molecule has 0 amide bonds. The molecule has 2 bridgehead atoms. The molecule has 3 atom stereocenters. The van der Waals surface area contributed by atoms with Crippen LogP contribution in [0.25, 0.3) is 0 Å². The Labute approximate surface area is 122 Å². The third-order valence-corrected chi connectivity index (χ3v) is 5.16. The van der Waals surface area contributed by atoms with Crippen molar-refractivity contribution < 1.29 is 0 Å². The van der Waals surface area contributed by atoms with Crippen LogP contribution in [0.1, 0.15) is 30.9 Å². The van der Waals surface area contributed by atoms with Gasteiger partial charge in [-0.15, -0.1) is 0 Å². The fraction of sp³-hybridized carbons (Fsp3) is 0.474. The number of hydrogen-bond acceptors (Lipinski definition) is 1. The lowest BCUT2D eigenvalue weighted by Crippen LogP contribution is -2.25. The minimum atomic E-state index is 0.465. The molecule has 3 aliphatic carbocycles. The molecular formula is C19H23N. The minimum absolute atomic E-state index is 0.465. The molecule has 4 rings (SSSR count). The van der Waals surface area contributed by atoms with Gasteiger partial charge < -0.3 is 0 Å². The van der Waals surface area contributed by atoms with Gasteiger partial charge >= 0.3 is 0 Å². The summed E-state index contributed by atoms with van der Waals surface area (Å²) >= 11 is 0. The van der Waals surface area contributed by atoms with Gasteiger partial charge in [-0.05, 0) is 56.3 Å². The molecule has 0 aromatic heterocycles. The van der Waals surface area contributed by atoms with Crippen LogP contribution in [0.5, 0.6) is 0 Å². The quantitative estimate of drug-likeness (QED) is 0.737. The van der Waals surface area contributed by atoms with Crippen LogP contribution in [0.3, 0.4) is 0 Å². The minimum Gasteiger partial charge on any atom is -0.299 e. The molecule has 3 aliphatic rings. The monoisotopic (exact) mass is 265 g/mol. The number of hydrogen-bond donors (Lipinski definition) is 0. The highest BCUT2D eigenvalue weighted by Crippen LogP contribution is 2.56. The molecule has 0 N–H and O–H groups in total. The van der Waals surface area contributed by atoms with Gasteiger partial charge in [-0.1, -0.05) is 48.1 Å². The average Bonchev–Trinajstić information content (AvgIpc) is 3.09. The SMILES string of the molecule is CN(C)C(C1=C(C2CC2)[C@H]2C=C[C@@H]1C2)c1ccccc1. The third-order valence-electron chi connectivity index (χ3n) is 5.16. The van der Waals surface area contributed by atoms with E-state index in [-0.39, 0.29) is 0 Å². The van der Waals surface area contributed by atoms with Gasteiger partial charge in [0.1, 0.15) is 0 Å².